The molecule has 0 heterocycles. The van der Waals surface area contributed by atoms with Gasteiger partial charge in [0.25, 0.3) is 0 Å². The second kappa shape index (κ2) is 5.82. The summed E-state index contributed by atoms with van der Waals surface area (Å²) in [4.78, 5) is 0. The third-order valence-electron chi connectivity index (χ3n) is 7.39. The van der Waals surface area contributed by atoms with E-state index in [0.29, 0.717) is 0 Å². The molecule has 0 fully saturated rings. The van der Waals surface area contributed by atoms with Crippen LogP contribution in [-0.4, -0.2) is 13.9 Å². The first kappa shape index (κ1) is 17.5. The van der Waals surface area contributed by atoms with Crippen LogP contribution in [0.3, 0.4) is 0 Å². The monoisotopic (exact) mass is 354 g/mol. The van der Waals surface area contributed by atoms with Gasteiger partial charge < -0.3 is 4.43 Å². The Kier molecular flexibility index (Phi) is 4.08. The van der Waals surface area contributed by atoms with E-state index in [9.17, 15) is 0 Å². The van der Waals surface area contributed by atoms with E-state index in [2.05, 4.69) is 52.1 Å². The third-order valence-corrected chi connectivity index (χ3v) is 11.9. The summed E-state index contributed by atoms with van der Waals surface area (Å²) in [7, 11) is -1.77. The van der Waals surface area contributed by atoms with Crippen molar-refractivity contribution in [2.24, 2.45) is 0 Å². The second-order valence-corrected chi connectivity index (χ2v) is 14.6. The van der Waals surface area contributed by atoms with Crippen molar-refractivity contribution >= 4 is 8.32 Å². The molecule has 25 heavy (non-hydrogen) atoms. The first-order valence-corrected chi connectivity index (χ1v) is 13.2. The van der Waals surface area contributed by atoms with Gasteiger partial charge in [0.2, 0.25) is 0 Å². The minimum Gasteiger partial charge on any atom is -0.407 e. The van der Waals surface area contributed by atoms with Crippen LogP contribution in [0.15, 0.2) is 46.1 Å². The minimum absolute atomic E-state index is 0.0321. The van der Waals surface area contributed by atoms with Crippen LogP contribution in [0.5, 0.6) is 0 Å². The summed E-state index contributed by atoms with van der Waals surface area (Å²) in [5, 5.41) is 0.278. The van der Waals surface area contributed by atoms with E-state index in [0.717, 1.165) is 0 Å². The third kappa shape index (κ3) is 2.77. The molecule has 0 aromatic carbocycles. The maximum absolute atomic E-state index is 7.15. The van der Waals surface area contributed by atoms with Crippen molar-refractivity contribution in [1.82, 2.24) is 0 Å². The lowest BCUT2D eigenvalue weighted by Gasteiger charge is -2.49. The van der Waals surface area contributed by atoms with Crippen molar-refractivity contribution in [2.45, 2.75) is 95.9 Å². The van der Waals surface area contributed by atoms with Gasteiger partial charge in [0, 0.05) is 0 Å². The van der Waals surface area contributed by atoms with Crippen molar-refractivity contribution in [2.75, 3.05) is 0 Å². The lowest BCUT2D eigenvalue weighted by atomic mass is 9.69. The maximum Gasteiger partial charge on any atom is 0.193 e. The van der Waals surface area contributed by atoms with Gasteiger partial charge in [-0.15, -0.1) is 0 Å². The average molecular weight is 355 g/mol. The quantitative estimate of drug-likeness (QED) is 0.485. The largest absolute Gasteiger partial charge is 0.407 e. The van der Waals surface area contributed by atoms with Crippen molar-refractivity contribution in [1.29, 1.82) is 0 Å². The van der Waals surface area contributed by atoms with Gasteiger partial charge >= 0.3 is 0 Å². The van der Waals surface area contributed by atoms with Crippen molar-refractivity contribution in [3.63, 3.8) is 0 Å². The standard InChI is InChI=1S/C23H34OSi/c1-22(2,3)25(4,5)24-23-15-8-11-21(23)20-13-12-17-9-6-7-10-18(17)19(20)14-16-23/h6,9,11H,7-8,10,12-16H2,1-5H3. The first-order chi connectivity index (χ1) is 11.7. The number of rotatable bonds is 2. The van der Waals surface area contributed by atoms with Gasteiger partial charge in [0.15, 0.2) is 8.32 Å². The molecule has 136 valence electrons. The molecule has 1 nitrogen and oxygen atoms in total. The molecule has 0 N–H and O–H groups in total. The van der Waals surface area contributed by atoms with Crippen molar-refractivity contribution in [3.8, 4) is 0 Å². The lowest BCUT2D eigenvalue weighted by Crippen LogP contribution is -2.51. The Morgan fingerprint density at radius 2 is 1.72 bits per heavy atom. The SMILES string of the molecule is CC(C)(C)[Si](C)(C)OC12CCC=C1C1=C(CC2)C2=C(C=CCC2)CC1. The molecule has 0 spiro atoms. The fraction of sp³-hybridized carbons (Fsp3) is 0.652. The zero-order valence-electron chi connectivity index (χ0n) is 16.8. The number of hydrogen-bond acceptors (Lipinski definition) is 1. The van der Waals surface area contributed by atoms with Crippen LogP contribution < -0.4 is 0 Å². The van der Waals surface area contributed by atoms with Crippen LogP contribution in [0.4, 0.5) is 0 Å². The zero-order valence-corrected chi connectivity index (χ0v) is 17.8. The second-order valence-electron chi connectivity index (χ2n) is 9.92. The first-order valence-electron chi connectivity index (χ1n) is 10.3. The predicted molar refractivity (Wildman–Crippen MR) is 109 cm³/mol. The molecule has 1 atom stereocenters. The van der Waals surface area contributed by atoms with Gasteiger partial charge in [-0.2, -0.15) is 0 Å². The highest BCUT2D eigenvalue weighted by molar-refractivity contribution is 6.74. The average Bonchev–Trinajstić information content (AvgIpc) is 2.96. The van der Waals surface area contributed by atoms with Gasteiger partial charge in [-0.1, -0.05) is 39.0 Å². The summed E-state index contributed by atoms with van der Waals surface area (Å²) >= 11 is 0. The Morgan fingerprint density at radius 1 is 0.920 bits per heavy atom. The summed E-state index contributed by atoms with van der Waals surface area (Å²) in [6.07, 6.45) is 17.1. The van der Waals surface area contributed by atoms with Crippen LogP contribution in [-0.2, 0) is 4.43 Å². The fourth-order valence-corrected chi connectivity index (χ4v) is 6.64. The predicted octanol–water partition coefficient (Wildman–Crippen LogP) is 7.00. The fourth-order valence-electron chi connectivity index (χ4n) is 5.04. The molecule has 0 saturated heterocycles. The van der Waals surface area contributed by atoms with Crippen LogP contribution in [0.2, 0.25) is 18.1 Å². The summed E-state index contributed by atoms with van der Waals surface area (Å²) in [6, 6.07) is 0. The van der Waals surface area contributed by atoms with E-state index in [-0.39, 0.29) is 10.6 Å². The zero-order chi connectivity index (χ0) is 17.9. The highest BCUT2D eigenvalue weighted by atomic mass is 28.4. The molecule has 4 aliphatic rings. The Morgan fingerprint density at radius 3 is 2.48 bits per heavy atom. The highest BCUT2D eigenvalue weighted by Crippen LogP contribution is 2.55. The Balaban J connectivity index is 1.71. The minimum atomic E-state index is -1.77. The molecule has 4 rings (SSSR count). The molecule has 0 aromatic rings. The molecule has 0 aromatic heterocycles. The van der Waals surface area contributed by atoms with E-state index < -0.39 is 8.32 Å². The number of allylic oxidation sites excluding steroid dienone is 6. The van der Waals surface area contributed by atoms with Crippen LogP contribution in [0, 0.1) is 0 Å². The summed E-state index contributed by atoms with van der Waals surface area (Å²) in [6.45, 7) is 12.0. The van der Waals surface area contributed by atoms with E-state index >= 15 is 0 Å². The molecule has 4 aliphatic carbocycles. The number of fused-ring (bicyclic) bond motifs is 3. The molecule has 2 heteroatoms. The lowest BCUT2D eigenvalue weighted by molar-refractivity contribution is 0.0791. The molecule has 0 bridgehead atoms. The smallest absolute Gasteiger partial charge is 0.193 e. The molecular weight excluding hydrogens is 320 g/mol. The molecule has 0 saturated carbocycles. The molecular formula is C23H34OSi. The molecule has 1 unspecified atom stereocenters. The maximum atomic E-state index is 7.15. The van der Waals surface area contributed by atoms with Gasteiger partial charge in [0.05, 0.1) is 5.60 Å². The molecule has 0 radical (unpaired) electrons. The molecule has 0 aliphatic heterocycles. The van der Waals surface area contributed by atoms with Crippen molar-refractivity contribution in [3.05, 3.63) is 46.1 Å². The van der Waals surface area contributed by atoms with Crippen LogP contribution in [0.25, 0.3) is 0 Å². The van der Waals surface area contributed by atoms with E-state index in [4.69, 9.17) is 4.43 Å². The van der Waals surface area contributed by atoms with E-state index in [1.54, 1.807) is 27.9 Å². The highest BCUT2D eigenvalue weighted by Gasteiger charge is 2.50. The summed E-state index contributed by atoms with van der Waals surface area (Å²) in [5.74, 6) is 0. The Labute approximate surface area is 155 Å². The van der Waals surface area contributed by atoms with Gasteiger partial charge in [-0.3, -0.25) is 0 Å². The summed E-state index contributed by atoms with van der Waals surface area (Å²) in [5.41, 5.74) is 8.33. The number of hydrogen-bond donors (Lipinski definition) is 0. The normalized spacial score (nSPS) is 29.4. The molecule has 0 amide bonds. The van der Waals surface area contributed by atoms with Gasteiger partial charge in [0.1, 0.15) is 0 Å². The Hall–Kier alpha value is -0.863. The van der Waals surface area contributed by atoms with Crippen LogP contribution >= 0.6 is 0 Å². The van der Waals surface area contributed by atoms with Crippen LogP contribution in [0.1, 0.15) is 72.1 Å². The van der Waals surface area contributed by atoms with Gasteiger partial charge in [-0.25, -0.2) is 0 Å². The van der Waals surface area contributed by atoms with Gasteiger partial charge in [-0.05, 0) is 97.4 Å². The summed E-state index contributed by atoms with van der Waals surface area (Å²) < 4.78 is 7.15. The van der Waals surface area contributed by atoms with E-state index in [1.165, 1.54) is 51.4 Å². The van der Waals surface area contributed by atoms with Crippen molar-refractivity contribution < 1.29 is 4.43 Å². The van der Waals surface area contributed by atoms with E-state index in [1.807, 2.05) is 0 Å². The topological polar surface area (TPSA) is 9.23 Å². The Bertz CT molecular complexity index is 711.